The lowest BCUT2D eigenvalue weighted by Gasteiger charge is -2.36. The first kappa shape index (κ1) is 30.6. The molecule has 0 radical (unpaired) electrons. The van der Waals surface area contributed by atoms with E-state index in [1.165, 1.54) is 11.1 Å². The Bertz CT molecular complexity index is 2840. The lowest BCUT2D eigenvalue weighted by Crippen LogP contribution is -2.35. The summed E-state index contributed by atoms with van der Waals surface area (Å²) in [5, 5.41) is 6.59. The van der Waals surface area contributed by atoms with Crippen molar-refractivity contribution in [2.24, 2.45) is 5.92 Å². The number of rotatable bonds is 5. The van der Waals surface area contributed by atoms with Gasteiger partial charge in [0.1, 0.15) is 5.58 Å². The first-order valence-corrected chi connectivity index (χ1v) is 17.5. The number of hydrogen-bond donors (Lipinski definition) is 0. The number of benzene rings is 6. The van der Waals surface area contributed by atoms with Gasteiger partial charge in [-0.2, -0.15) is 0 Å². The maximum absolute atomic E-state index is 6.84. The molecule has 2 aromatic heterocycles. The van der Waals surface area contributed by atoms with Gasteiger partial charge >= 0.3 is 0 Å². The van der Waals surface area contributed by atoms with Crippen molar-refractivity contribution in [3.05, 3.63) is 162 Å². The van der Waals surface area contributed by atoms with Crippen molar-refractivity contribution in [3.63, 3.8) is 0 Å². The standard InChI is InChI=1S/C48H36N2O/c1-4-15-36-30-38(29-24-33(36)5-2)50-43-22-13-10-20-40(43)46-44(31-41-39-19-11-14-23-45(39)51-48(41)47(46)50)49(42-21-12-9-16-32(42)3)37-27-25-35(26-28-37)34-17-7-6-8-18-34/h1,5-32,42H,2-3H3/b33-5-,36-15-. The van der Waals surface area contributed by atoms with Gasteiger partial charge < -0.3 is 13.9 Å². The molecule has 8 aromatic rings. The normalized spacial score (nSPS) is 16.5. The fourth-order valence-electron chi connectivity index (χ4n) is 7.89. The first-order chi connectivity index (χ1) is 25.1. The Hall–Kier alpha value is -6.50. The zero-order valence-electron chi connectivity index (χ0n) is 28.6. The molecule has 6 aromatic carbocycles. The van der Waals surface area contributed by atoms with Crippen LogP contribution >= 0.6 is 0 Å². The van der Waals surface area contributed by atoms with Crippen LogP contribution < -0.4 is 15.3 Å². The zero-order chi connectivity index (χ0) is 34.5. The molecule has 0 saturated carbocycles. The van der Waals surface area contributed by atoms with Gasteiger partial charge in [-0.3, -0.25) is 0 Å². The predicted octanol–water partition coefficient (Wildman–Crippen LogP) is 10.8. The summed E-state index contributed by atoms with van der Waals surface area (Å²) in [7, 11) is 0. The Morgan fingerprint density at radius 3 is 2.24 bits per heavy atom. The van der Waals surface area contributed by atoms with Crippen molar-refractivity contribution in [2.45, 2.75) is 19.9 Å². The summed E-state index contributed by atoms with van der Waals surface area (Å²) < 4.78 is 9.20. The van der Waals surface area contributed by atoms with E-state index in [1.807, 2.05) is 19.1 Å². The molecule has 0 N–H and O–H groups in total. The van der Waals surface area contributed by atoms with Gasteiger partial charge in [0.2, 0.25) is 0 Å². The van der Waals surface area contributed by atoms with Crippen LogP contribution in [0, 0.1) is 18.3 Å². The monoisotopic (exact) mass is 656 g/mol. The molecule has 1 aliphatic carbocycles. The van der Waals surface area contributed by atoms with Gasteiger partial charge in [0.05, 0.1) is 22.8 Å². The molecule has 3 heteroatoms. The lowest BCUT2D eigenvalue weighted by atomic mass is 9.93. The van der Waals surface area contributed by atoms with Crippen LogP contribution in [0.3, 0.4) is 0 Å². The third-order valence-electron chi connectivity index (χ3n) is 10.3. The van der Waals surface area contributed by atoms with Crippen LogP contribution in [0.1, 0.15) is 13.8 Å². The van der Waals surface area contributed by atoms with Gasteiger partial charge in [-0.15, -0.1) is 6.42 Å². The fourth-order valence-corrected chi connectivity index (χ4v) is 7.89. The van der Waals surface area contributed by atoms with Crippen LogP contribution in [0.15, 0.2) is 156 Å². The van der Waals surface area contributed by atoms with Gasteiger partial charge in [0.15, 0.2) is 5.58 Å². The number of allylic oxidation sites excluding steroid dienone is 2. The topological polar surface area (TPSA) is 21.3 Å². The largest absolute Gasteiger partial charge is 0.454 e. The van der Waals surface area contributed by atoms with E-state index in [1.54, 1.807) is 0 Å². The predicted molar refractivity (Wildman–Crippen MR) is 216 cm³/mol. The molecule has 0 bridgehead atoms. The van der Waals surface area contributed by atoms with Crippen LogP contribution in [0.5, 0.6) is 0 Å². The molecule has 0 aliphatic heterocycles. The Kier molecular flexibility index (Phi) is 7.45. The average Bonchev–Trinajstić information content (AvgIpc) is 3.73. The average molecular weight is 657 g/mol. The second-order valence-electron chi connectivity index (χ2n) is 13.3. The molecule has 2 unspecified atom stereocenters. The summed E-state index contributed by atoms with van der Waals surface area (Å²) in [5.74, 6) is 3.03. The molecule has 0 saturated heterocycles. The Balaban J connectivity index is 1.42. The van der Waals surface area contributed by atoms with Crippen LogP contribution in [0.2, 0.25) is 0 Å². The van der Waals surface area contributed by atoms with E-state index >= 15 is 0 Å². The highest BCUT2D eigenvalue weighted by Gasteiger charge is 2.30. The number of furan rings is 1. The number of para-hydroxylation sites is 2. The van der Waals surface area contributed by atoms with Gasteiger partial charge in [-0.25, -0.2) is 0 Å². The van der Waals surface area contributed by atoms with E-state index in [-0.39, 0.29) is 12.0 Å². The van der Waals surface area contributed by atoms with Crippen molar-refractivity contribution in [1.29, 1.82) is 0 Å². The van der Waals surface area contributed by atoms with E-state index in [0.29, 0.717) is 0 Å². The maximum atomic E-state index is 6.84. The second kappa shape index (κ2) is 12.4. The molecule has 3 nitrogen and oxygen atoms in total. The van der Waals surface area contributed by atoms with Gasteiger partial charge in [0.25, 0.3) is 0 Å². The van der Waals surface area contributed by atoms with E-state index in [9.17, 15) is 0 Å². The maximum Gasteiger partial charge on any atom is 0.160 e. The molecular weight excluding hydrogens is 621 g/mol. The van der Waals surface area contributed by atoms with Crippen molar-refractivity contribution < 1.29 is 4.42 Å². The smallest absolute Gasteiger partial charge is 0.160 e. The molecule has 244 valence electrons. The van der Waals surface area contributed by atoms with E-state index in [4.69, 9.17) is 10.8 Å². The number of nitrogens with zero attached hydrogens (tertiary/aromatic N) is 2. The van der Waals surface area contributed by atoms with Gasteiger partial charge in [-0.1, -0.05) is 128 Å². The summed E-state index contributed by atoms with van der Waals surface area (Å²) in [4.78, 5) is 2.53. The zero-order valence-corrected chi connectivity index (χ0v) is 28.6. The highest BCUT2D eigenvalue weighted by Crippen LogP contribution is 2.48. The molecule has 0 spiro atoms. The summed E-state index contributed by atoms with van der Waals surface area (Å²) in [5.41, 5.74) is 9.56. The Labute approximate surface area is 297 Å². The number of fused-ring (bicyclic) bond motifs is 7. The third kappa shape index (κ3) is 4.99. The molecular formula is C48H36N2O. The van der Waals surface area contributed by atoms with Crippen molar-refractivity contribution >= 4 is 67.3 Å². The number of terminal acetylenes is 1. The minimum atomic E-state index is 0.0784. The summed E-state index contributed by atoms with van der Waals surface area (Å²) in [6.07, 6.45) is 18.8. The van der Waals surface area contributed by atoms with Crippen molar-refractivity contribution in [2.75, 3.05) is 4.90 Å². The number of aromatic nitrogens is 1. The number of hydrogen-bond acceptors (Lipinski definition) is 2. The van der Waals surface area contributed by atoms with E-state index in [0.717, 1.165) is 71.2 Å². The molecule has 51 heavy (non-hydrogen) atoms. The lowest BCUT2D eigenvalue weighted by molar-refractivity contribution is 0.610. The molecule has 1 aliphatic rings. The molecule has 2 atom stereocenters. The van der Waals surface area contributed by atoms with E-state index < -0.39 is 0 Å². The van der Waals surface area contributed by atoms with Gasteiger partial charge in [-0.05, 0) is 82.9 Å². The first-order valence-electron chi connectivity index (χ1n) is 17.5. The highest BCUT2D eigenvalue weighted by molar-refractivity contribution is 6.26. The van der Waals surface area contributed by atoms with Crippen LogP contribution in [-0.2, 0) is 0 Å². The van der Waals surface area contributed by atoms with Crippen LogP contribution in [-0.4, -0.2) is 10.6 Å². The Morgan fingerprint density at radius 2 is 1.45 bits per heavy atom. The highest BCUT2D eigenvalue weighted by atomic mass is 16.3. The minimum Gasteiger partial charge on any atom is -0.454 e. The van der Waals surface area contributed by atoms with Crippen LogP contribution in [0.25, 0.3) is 72.7 Å². The van der Waals surface area contributed by atoms with Crippen LogP contribution in [0.4, 0.5) is 11.4 Å². The molecule has 0 amide bonds. The fraction of sp³-hybridized carbons (Fsp3) is 0.0833. The van der Waals surface area contributed by atoms with Gasteiger partial charge in [0, 0.05) is 32.9 Å². The third-order valence-corrected chi connectivity index (χ3v) is 10.3. The molecule has 2 heterocycles. The molecule has 9 rings (SSSR count). The SMILES string of the molecule is C#C/C=c1/cc(-n2c3ccccc3c3c(N(c4ccc(-c5ccccc5)cc4)C4C=CC=CC4C)cc4c5ccccc5oc4c32)cc/c1=C/C. The second-order valence-corrected chi connectivity index (χ2v) is 13.3. The summed E-state index contributed by atoms with van der Waals surface area (Å²) in [6.45, 7) is 4.35. The van der Waals surface area contributed by atoms with Crippen molar-refractivity contribution in [3.8, 4) is 29.2 Å². The number of anilines is 2. The van der Waals surface area contributed by atoms with E-state index in [2.05, 4.69) is 174 Å². The summed E-state index contributed by atoms with van der Waals surface area (Å²) >= 11 is 0. The molecule has 0 fully saturated rings. The Morgan fingerprint density at radius 1 is 0.725 bits per heavy atom. The van der Waals surface area contributed by atoms with Crippen molar-refractivity contribution in [1.82, 2.24) is 4.57 Å². The summed E-state index contributed by atoms with van der Waals surface area (Å²) in [6, 6.07) is 45.6. The minimum absolute atomic E-state index is 0.0784. The quantitative estimate of drug-likeness (QED) is 0.172.